The first-order valence-electron chi connectivity index (χ1n) is 10.4. The lowest BCUT2D eigenvalue weighted by atomic mass is 9.94. The van der Waals surface area contributed by atoms with Crippen molar-refractivity contribution in [3.05, 3.63) is 95.7 Å². The molecule has 1 heterocycles. The van der Waals surface area contributed by atoms with Crippen molar-refractivity contribution in [2.75, 3.05) is 0 Å². The highest BCUT2D eigenvalue weighted by Gasteiger charge is 2.24. The molecule has 0 aliphatic rings. The molecule has 0 amide bonds. The van der Waals surface area contributed by atoms with Crippen LogP contribution in [0.2, 0.25) is 0 Å². The fourth-order valence-corrected chi connectivity index (χ4v) is 3.01. The Balaban J connectivity index is 1.67. The number of rotatable bonds is 8. The molecule has 0 aliphatic carbocycles. The van der Waals surface area contributed by atoms with Gasteiger partial charge in [-0.25, -0.2) is 13.8 Å². The minimum absolute atomic E-state index is 0.00695. The molecule has 0 aliphatic heterocycles. The van der Waals surface area contributed by atoms with E-state index in [0.717, 1.165) is 5.56 Å². The van der Waals surface area contributed by atoms with E-state index in [2.05, 4.69) is 4.98 Å². The van der Waals surface area contributed by atoms with E-state index in [0.29, 0.717) is 17.3 Å². The maximum Gasteiger partial charge on any atom is 0.313 e. The van der Waals surface area contributed by atoms with Crippen molar-refractivity contribution in [1.82, 2.24) is 4.98 Å². The molecule has 0 spiro atoms. The Kier molecular flexibility index (Phi) is 7.71. The van der Waals surface area contributed by atoms with Crippen LogP contribution < -0.4 is 4.74 Å². The van der Waals surface area contributed by atoms with Crippen molar-refractivity contribution in [3.8, 4) is 11.6 Å². The first-order valence-corrected chi connectivity index (χ1v) is 10.4. The summed E-state index contributed by atoms with van der Waals surface area (Å²) in [7, 11) is 0. The lowest BCUT2D eigenvalue weighted by Crippen LogP contribution is -2.22. The summed E-state index contributed by atoms with van der Waals surface area (Å²) in [5, 5.41) is 0. The van der Waals surface area contributed by atoms with Gasteiger partial charge in [0, 0.05) is 6.07 Å². The molecule has 1 aromatic heterocycles. The van der Waals surface area contributed by atoms with E-state index in [9.17, 15) is 13.6 Å². The standard InChI is InChI=1S/C26H25F2NO3/c1-17(2)23(16-9-19-7-10-20(27)11-8-19)26(30)31-18(3)24-5-4-6-25(29-24)32-22-14-12-21(28)13-15-22/h4-18,23H,1-3H3. The number of nitrogens with zero attached hydrogens (tertiary/aromatic N) is 1. The summed E-state index contributed by atoms with van der Waals surface area (Å²) in [6, 6.07) is 16.8. The van der Waals surface area contributed by atoms with Crippen LogP contribution in [-0.2, 0) is 9.53 Å². The minimum Gasteiger partial charge on any atom is -0.456 e. The van der Waals surface area contributed by atoms with E-state index >= 15 is 0 Å². The van der Waals surface area contributed by atoms with Crippen LogP contribution in [0, 0.1) is 23.5 Å². The summed E-state index contributed by atoms with van der Waals surface area (Å²) in [5.74, 6) is -0.743. The molecule has 0 N–H and O–H groups in total. The van der Waals surface area contributed by atoms with Gasteiger partial charge in [0.05, 0.1) is 11.6 Å². The van der Waals surface area contributed by atoms with E-state index < -0.39 is 12.0 Å². The van der Waals surface area contributed by atoms with Gasteiger partial charge in [0.1, 0.15) is 23.5 Å². The van der Waals surface area contributed by atoms with E-state index in [1.807, 2.05) is 13.8 Å². The van der Waals surface area contributed by atoms with Gasteiger partial charge < -0.3 is 9.47 Å². The Morgan fingerprint density at radius 3 is 2.16 bits per heavy atom. The van der Waals surface area contributed by atoms with Gasteiger partial charge in [-0.3, -0.25) is 4.79 Å². The Hall–Kier alpha value is -3.54. The molecule has 3 rings (SSSR count). The molecule has 0 bridgehead atoms. The second kappa shape index (κ2) is 10.7. The molecule has 2 unspecified atom stereocenters. The molecule has 0 radical (unpaired) electrons. The number of carbonyl (C=O) groups is 1. The number of carbonyl (C=O) groups excluding carboxylic acids is 1. The van der Waals surface area contributed by atoms with Gasteiger partial charge in [0.2, 0.25) is 5.88 Å². The number of aromatic nitrogens is 1. The summed E-state index contributed by atoms with van der Waals surface area (Å²) < 4.78 is 37.5. The molecule has 166 valence electrons. The van der Waals surface area contributed by atoms with Crippen molar-refractivity contribution in [1.29, 1.82) is 0 Å². The van der Waals surface area contributed by atoms with Crippen LogP contribution >= 0.6 is 0 Å². The zero-order chi connectivity index (χ0) is 23.1. The van der Waals surface area contributed by atoms with Crippen molar-refractivity contribution in [3.63, 3.8) is 0 Å². The highest BCUT2D eigenvalue weighted by molar-refractivity contribution is 5.76. The van der Waals surface area contributed by atoms with E-state index in [4.69, 9.17) is 9.47 Å². The van der Waals surface area contributed by atoms with Crippen LogP contribution in [0.4, 0.5) is 8.78 Å². The largest absolute Gasteiger partial charge is 0.456 e. The molecule has 0 saturated heterocycles. The zero-order valence-electron chi connectivity index (χ0n) is 18.2. The predicted octanol–water partition coefficient (Wildman–Crippen LogP) is 6.74. The summed E-state index contributed by atoms with van der Waals surface area (Å²) in [6.07, 6.45) is 2.96. The maximum absolute atomic E-state index is 13.1. The summed E-state index contributed by atoms with van der Waals surface area (Å²) in [6.45, 7) is 5.60. The van der Waals surface area contributed by atoms with Crippen molar-refractivity contribution >= 4 is 12.0 Å². The van der Waals surface area contributed by atoms with Crippen LogP contribution in [0.1, 0.15) is 38.1 Å². The van der Waals surface area contributed by atoms with Crippen LogP contribution in [0.3, 0.4) is 0 Å². The molecule has 6 heteroatoms. The second-order valence-electron chi connectivity index (χ2n) is 7.72. The Labute approximate surface area is 186 Å². The van der Waals surface area contributed by atoms with E-state index in [1.165, 1.54) is 36.4 Å². The number of benzene rings is 2. The molecular formula is C26H25F2NO3. The quantitative estimate of drug-likeness (QED) is 0.366. The van der Waals surface area contributed by atoms with Gasteiger partial charge in [0.25, 0.3) is 0 Å². The lowest BCUT2D eigenvalue weighted by molar-refractivity contribution is -0.153. The highest BCUT2D eigenvalue weighted by Crippen LogP contribution is 2.25. The van der Waals surface area contributed by atoms with Crippen LogP contribution in [0.5, 0.6) is 11.6 Å². The third-order valence-electron chi connectivity index (χ3n) is 4.85. The van der Waals surface area contributed by atoms with Crippen molar-refractivity contribution in [2.24, 2.45) is 11.8 Å². The second-order valence-corrected chi connectivity index (χ2v) is 7.72. The maximum atomic E-state index is 13.1. The third-order valence-corrected chi connectivity index (χ3v) is 4.85. The van der Waals surface area contributed by atoms with E-state index in [1.54, 1.807) is 49.4 Å². The van der Waals surface area contributed by atoms with Crippen LogP contribution in [-0.4, -0.2) is 11.0 Å². The van der Waals surface area contributed by atoms with E-state index in [-0.39, 0.29) is 23.5 Å². The van der Waals surface area contributed by atoms with Crippen LogP contribution in [0.15, 0.2) is 72.8 Å². The van der Waals surface area contributed by atoms with Gasteiger partial charge in [0.15, 0.2) is 0 Å². The summed E-state index contributed by atoms with van der Waals surface area (Å²) in [4.78, 5) is 17.2. The predicted molar refractivity (Wildman–Crippen MR) is 119 cm³/mol. The summed E-state index contributed by atoms with van der Waals surface area (Å²) >= 11 is 0. The molecule has 32 heavy (non-hydrogen) atoms. The number of hydrogen-bond donors (Lipinski definition) is 0. The minimum atomic E-state index is -0.597. The topological polar surface area (TPSA) is 48.4 Å². The molecule has 4 nitrogen and oxygen atoms in total. The molecule has 0 fully saturated rings. The lowest BCUT2D eigenvalue weighted by Gasteiger charge is -2.20. The van der Waals surface area contributed by atoms with Gasteiger partial charge in [-0.2, -0.15) is 0 Å². The van der Waals surface area contributed by atoms with Crippen LogP contribution in [0.25, 0.3) is 6.08 Å². The first kappa shape index (κ1) is 23.1. The molecule has 2 atom stereocenters. The fourth-order valence-electron chi connectivity index (χ4n) is 3.01. The average molecular weight is 437 g/mol. The number of hydrogen-bond acceptors (Lipinski definition) is 4. The van der Waals surface area contributed by atoms with Crippen molar-refractivity contribution in [2.45, 2.75) is 26.9 Å². The zero-order valence-corrected chi connectivity index (χ0v) is 18.2. The smallest absolute Gasteiger partial charge is 0.313 e. The average Bonchev–Trinajstić information content (AvgIpc) is 2.77. The molecule has 2 aromatic carbocycles. The number of esters is 1. The summed E-state index contributed by atoms with van der Waals surface area (Å²) in [5.41, 5.74) is 1.33. The van der Waals surface area contributed by atoms with Crippen molar-refractivity contribution < 1.29 is 23.0 Å². The molecular weight excluding hydrogens is 412 g/mol. The normalized spacial score (nSPS) is 13.2. The Morgan fingerprint density at radius 2 is 1.53 bits per heavy atom. The highest BCUT2D eigenvalue weighted by atomic mass is 19.1. The number of pyridine rings is 1. The third kappa shape index (κ3) is 6.48. The van der Waals surface area contributed by atoms with Gasteiger partial charge in [-0.1, -0.05) is 44.2 Å². The van der Waals surface area contributed by atoms with Gasteiger partial charge in [-0.15, -0.1) is 0 Å². The van der Waals surface area contributed by atoms with Gasteiger partial charge >= 0.3 is 5.97 Å². The monoisotopic (exact) mass is 437 g/mol. The Bertz CT molecular complexity index is 1060. The number of halogens is 2. The molecule has 0 saturated carbocycles. The first-order chi connectivity index (χ1) is 15.3. The SMILES string of the molecule is CC(OC(=O)C(C=Cc1ccc(F)cc1)C(C)C)c1cccc(Oc2ccc(F)cc2)n1. The fraction of sp³-hybridized carbons (Fsp3) is 0.231. The molecule has 3 aromatic rings. The van der Waals surface area contributed by atoms with Gasteiger partial charge in [-0.05, 0) is 60.9 Å². The Morgan fingerprint density at radius 1 is 0.906 bits per heavy atom. The number of ether oxygens (including phenoxy) is 2.